The van der Waals surface area contributed by atoms with E-state index in [-0.39, 0.29) is 6.04 Å². The standard InChI is InChI=1S/C14H20N4/c1-4-9-18-10-8-16-14(18)13(15-3)12-7-5-6-11(2)17-12/h5-8,10,13,15H,4,9H2,1-3H3. The van der Waals surface area contributed by atoms with Crippen molar-refractivity contribution in [3.8, 4) is 0 Å². The zero-order valence-corrected chi connectivity index (χ0v) is 11.2. The fourth-order valence-electron chi connectivity index (χ4n) is 2.15. The summed E-state index contributed by atoms with van der Waals surface area (Å²) in [5, 5.41) is 3.30. The lowest BCUT2D eigenvalue weighted by Gasteiger charge is -2.17. The SMILES string of the molecule is CCCn1ccnc1C(NC)c1cccc(C)n1. The number of pyridine rings is 1. The maximum Gasteiger partial charge on any atom is 0.132 e. The molecular weight excluding hydrogens is 224 g/mol. The monoisotopic (exact) mass is 244 g/mol. The lowest BCUT2D eigenvalue weighted by molar-refractivity contribution is 0.559. The van der Waals surface area contributed by atoms with Gasteiger partial charge in [0.1, 0.15) is 11.9 Å². The molecule has 1 atom stereocenters. The van der Waals surface area contributed by atoms with Crippen molar-refractivity contribution in [3.63, 3.8) is 0 Å². The van der Waals surface area contributed by atoms with Gasteiger partial charge in [-0.25, -0.2) is 4.98 Å². The van der Waals surface area contributed by atoms with Crippen LogP contribution in [0.25, 0.3) is 0 Å². The van der Waals surface area contributed by atoms with Crippen molar-refractivity contribution in [3.05, 3.63) is 47.8 Å². The Morgan fingerprint density at radius 2 is 2.22 bits per heavy atom. The van der Waals surface area contributed by atoms with Gasteiger partial charge < -0.3 is 9.88 Å². The zero-order valence-electron chi connectivity index (χ0n) is 11.2. The molecule has 1 unspecified atom stereocenters. The first-order valence-corrected chi connectivity index (χ1v) is 6.38. The minimum Gasteiger partial charge on any atom is -0.333 e. The summed E-state index contributed by atoms with van der Waals surface area (Å²) < 4.78 is 2.19. The molecule has 0 bridgehead atoms. The lowest BCUT2D eigenvalue weighted by atomic mass is 10.1. The Kier molecular flexibility index (Phi) is 4.10. The van der Waals surface area contributed by atoms with Crippen LogP contribution in [0.5, 0.6) is 0 Å². The van der Waals surface area contributed by atoms with Crippen LogP contribution in [0.4, 0.5) is 0 Å². The highest BCUT2D eigenvalue weighted by molar-refractivity contribution is 5.20. The van der Waals surface area contributed by atoms with E-state index in [1.54, 1.807) is 0 Å². The predicted molar refractivity (Wildman–Crippen MR) is 72.4 cm³/mol. The minimum absolute atomic E-state index is 0.0476. The number of imidazole rings is 1. The van der Waals surface area contributed by atoms with E-state index in [0.717, 1.165) is 30.2 Å². The summed E-state index contributed by atoms with van der Waals surface area (Å²) in [7, 11) is 1.94. The third kappa shape index (κ3) is 2.59. The van der Waals surface area contributed by atoms with Gasteiger partial charge in [0, 0.05) is 24.6 Å². The molecule has 0 aliphatic rings. The van der Waals surface area contributed by atoms with Crippen LogP contribution in [0.1, 0.15) is 36.6 Å². The van der Waals surface area contributed by atoms with Crippen molar-refractivity contribution in [2.24, 2.45) is 0 Å². The first-order valence-electron chi connectivity index (χ1n) is 6.38. The van der Waals surface area contributed by atoms with Crippen LogP contribution in [0.2, 0.25) is 0 Å². The summed E-state index contributed by atoms with van der Waals surface area (Å²) in [6.45, 7) is 5.16. The molecule has 0 aliphatic carbocycles. The minimum atomic E-state index is 0.0476. The van der Waals surface area contributed by atoms with E-state index >= 15 is 0 Å². The molecule has 2 aromatic heterocycles. The highest BCUT2D eigenvalue weighted by Gasteiger charge is 2.18. The Morgan fingerprint density at radius 3 is 2.89 bits per heavy atom. The maximum atomic E-state index is 4.59. The summed E-state index contributed by atoms with van der Waals surface area (Å²) in [5.74, 6) is 1.03. The van der Waals surface area contributed by atoms with E-state index in [1.807, 2.05) is 44.6 Å². The van der Waals surface area contributed by atoms with Gasteiger partial charge in [0.05, 0.1) is 5.69 Å². The Balaban J connectivity index is 2.36. The van der Waals surface area contributed by atoms with E-state index in [2.05, 4.69) is 26.8 Å². The van der Waals surface area contributed by atoms with Gasteiger partial charge >= 0.3 is 0 Å². The fraction of sp³-hybridized carbons (Fsp3) is 0.429. The van der Waals surface area contributed by atoms with Crippen molar-refractivity contribution in [1.29, 1.82) is 0 Å². The molecule has 0 radical (unpaired) electrons. The van der Waals surface area contributed by atoms with Gasteiger partial charge in [0.2, 0.25) is 0 Å². The van der Waals surface area contributed by atoms with Crippen molar-refractivity contribution >= 4 is 0 Å². The average molecular weight is 244 g/mol. The summed E-state index contributed by atoms with van der Waals surface area (Å²) in [5.41, 5.74) is 2.04. The van der Waals surface area contributed by atoms with Gasteiger partial charge in [-0.2, -0.15) is 0 Å². The van der Waals surface area contributed by atoms with Crippen molar-refractivity contribution in [1.82, 2.24) is 19.9 Å². The third-order valence-corrected chi connectivity index (χ3v) is 2.96. The summed E-state index contributed by atoms with van der Waals surface area (Å²) >= 11 is 0. The molecule has 0 saturated carbocycles. The zero-order chi connectivity index (χ0) is 13.0. The van der Waals surface area contributed by atoms with Crippen molar-refractivity contribution in [2.45, 2.75) is 32.9 Å². The number of nitrogens with one attached hydrogen (secondary N) is 1. The Labute approximate surface area is 108 Å². The number of aryl methyl sites for hydroxylation is 2. The predicted octanol–water partition coefficient (Wildman–Crippen LogP) is 2.31. The molecule has 0 aromatic carbocycles. The molecule has 1 N–H and O–H groups in total. The Bertz CT molecular complexity index is 504. The molecular formula is C14H20N4. The lowest BCUT2D eigenvalue weighted by Crippen LogP contribution is -2.23. The van der Waals surface area contributed by atoms with E-state index in [4.69, 9.17) is 0 Å². The molecule has 0 fully saturated rings. The smallest absolute Gasteiger partial charge is 0.132 e. The van der Waals surface area contributed by atoms with Gasteiger partial charge in [-0.1, -0.05) is 13.0 Å². The van der Waals surface area contributed by atoms with Gasteiger partial charge in [-0.15, -0.1) is 0 Å². The molecule has 0 aliphatic heterocycles. The van der Waals surface area contributed by atoms with E-state index in [1.165, 1.54) is 0 Å². The second-order valence-electron chi connectivity index (χ2n) is 4.40. The van der Waals surface area contributed by atoms with Crippen LogP contribution in [-0.2, 0) is 6.54 Å². The highest BCUT2D eigenvalue weighted by atomic mass is 15.1. The summed E-state index contributed by atoms with van der Waals surface area (Å²) in [6.07, 6.45) is 4.98. The van der Waals surface area contributed by atoms with Gasteiger partial charge in [-0.05, 0) is 32.5 Å². The summed E-state index contributed by atoms with van der Waals surface area (Å²) in [4.78, 5) is 9.06. The second kappa shape index (κ2) is 5.78. The Morgan fingerprint density at radius 1 is 1.39 bits per heavy atom. The van der Waals surface area contributed by atoms with Gasteiger partial charge in [0.15, 0.2) is 0 Å². The quantitative estimate of drug-likeness (QED) is 0.877. The molecule has 0 amide bonds. The van der Waals surface area contributed by atoms with E-state index in [0.29, 0.717) is 0 Å². The topological polar surface area (TPSA) is 42.7 Å². The number of hydrogen-bond acceptors (Lipinski definition) is 3. The van der Waals surface area contributed by atoms with E-state index in [9.17, 15) is 0 Å². The molecule has 2 rings (SSSR count). The molecule has 0 saturated heterocycles. The van der Waals surface area contributed by atoms with Crippen LogP contribution in [0.3, 0.4) is 0 Å². The van der Waals surface area contributed by atoms with Gasteiger partial charge in [0.25, 0.3) is 0 Å². The normalized spacial score (nSPS) is 12.6. The largest absolute Gasteiger partial charge is 0.333 e. The third-order valence-electron chi connectivity index (χ3n) is 2.96. The first kappa shape index (κ1) is 12.8. The van der Waals surface area contributed by atoms with E-state index < -0.39 is 0 Å². The molecule has 4 heteroatoms. The molecule has 2 aromatic rings. The maximum absolute atomic E-state index is 4.59. The Hall–Kier alpha value is -1.68. The molecule has 0 spiro atoms. The van der Waals surface area contributed by atoms with Crippen LogP contribution in [0, 0.1) is 6.92 Å². The van der Waals surface area contributed by atoms with Crippen LogP contribution >= 0.6 is 0 Å². The number of rotatable bonds is 5. The van der Waals surface area contributed by atoms with Crippen molar-refractivity contribution < 1.29 is 0 Å². The number of nitrogens with zero attached hydrogens (tertiary/aromatic N) is 3. The number of aromatic nitrogens is 3. The molecule has 2 heterocycles. The van der Waals surface area contributed by atoms with Gasteiger partial charge in [-0.3, -0.25) is 4.98 Å². The molecule has 4 nitrogen and oxygen atoms in total. The second-order valence-corrected chi connectivity index (χ2v) is 4.40. The molecule has 96 valence electrons. The molecule has 18 heavy (non-hydrogen) atoms. The highest BCUT2D eigenvalue weighted by Crippen LogP contribution is 2.19. The fourth-order valence-corrected chi connectivity index (χ4v) is 2.15. The number of hydrogen-bond donors (Lipinski definition) is 1. The van der Waals surface area contributed by atoms with Crippen LogP contribution in [0.15, 0.2) is 30.6 Å². The van der Waals surface area contributed by atoms with Crippen LogP contribution in [-0.4, -0.2) is 21.6 Å². The van der Waals surface area contributed by atoms with Crippen molar-refractivity contribution in [2.75, 3.05) is 7.05 Å². The first-order chi connectivity index (χ1) is 8.76. The average Bonchev–Trinajstić information content (AvgIpc) is 2.79. The van der Waals surface area contributed by atoms with Crippen LogP contribution < -0.4 is 5.32 Å². The summed E-state index contributed by atoms with van der Waals surface area (Å²) in [6, 6.07) is 6.13.